The summed E-state index contributed by atoms with van der Waals surface area (Å²) >= 11 is 0. The van der Waals surface area contributed by atoms with Crippen LogP contribution in [0.5, 0.6) is 0 Å². The summed E-state index contributed by atoms with van der Waals surface area (Å²) in [5.41, 5.74) is 9.33. The molecule has 1 rings (SSSR count). The minimum absolute atomic E-state index is 0.189. The molecule has 6 heteroatoms. The van der Waals surface area contributed by atoms with Gasteiger partial charge in [0.2, 0.25) is 5.66 Å². The van der Waals surface area contributed by atoms with Crippen molar-refractivity contribution < 1.29 is 9.90 Å². The molecule has 98 valence electrons. The number of nitrogens with zero attached hydrogens (tertiary/aromatic N) is 2. The fourth-order valence-electron chi connectivity index (χ4n) is 2.62. The quantitative estimate of drug-likeness (QED) is 0.476. The summed E-state index contributed by atoms with van der Waals surface area (Å²) in [5, 5.41) is 9.38. The second-order valence-electron chi connectivity index (χ2n) is 4.59. The summed E-state index contributed by atoms with van der Waals surface area (Å²) in [6.45, 7) is 4.10. The molecule has 0 amide bonds. The maximum atomic E-state index is 11.5. The highest BCUT2D eigenvalue weighted by atomic mass is 16.4. The third-order valence-corrected chi connectivity index (χ3v) is 3.42. The Morgan fingerprint density at radius 3 is 2.35 bits per heavy atom. The molecule has 0 bridgehead atoms. The Kier molecular flexibility index (Phi) is 4.34. The van der Waals surface area contributed by atoms with Gasteiger partial charge in [-0.3, -0.25) is 4.90 Å². The number of aliphatic carboxylic acids is 1. The Balaban J connectivity index is 3.01. The van der Waals surface area contributed by atoms with Gasteiger partial charge in [0.05, 0.1) is 0 Å². The fraction of sp³-hybridized carbons (Fsp3) is 0.818. The number of carboxylic acid groups (broad SMARTS) is 1. The Morgan fingerprint density at radius 1 is 1.47 bits per heavy atom. The molecule has 0 radical (unpaired) electrons. The zero-order valence-electron chi connectivity index (χ0n) is 10.5. The summed E-state index contributed by atoms with van der Waals surface area (Å²) in [4.78, 5) is 17.3. The highest BCUT2D eigenvalue weighted by Crippen LogP contribution is 2.30. The Labute approximate surface area is 102 Å². The van der Waals surface area contributed by atoms with E-state index in [0.29, 0.717) is 6.54 Å². The average molecular weight is 242 g/mol. The Bertz CT molecular complexity index is 309. The minimum atomic E-state index is -1.36. The molecule has 0 heterocycles. The predicted molar refractivity (Wildman–Crippen MR) is 66.5 cm³/mol. The molecule has 0 unspecified atom stereocenters. The van der Waals surface area contributed by atoms with Crippen molar-refractivity contribution in [2.24, 2.45) is 16.5 Å². The number of aliphatic imine (C=N–C) groups is 1. The molecule has 17 heavy (non-hydrogen) atoms. The number of hydrogen-bond acceptors (Lipinski definition) is 3. The molecule has 1 saturated carbocycles. The van der Waals surface area contributed by atoms with Gasteiger partial charge in [0.25, 0.3) is 0 Å². The van der Waals surface area contributed by atoms with E-state index in [9.17, 15) is 9.90 Å². The van der Waals surface area contributed by atoms with Crippen molar-refractivity contribution in [1.82, 2.24) is 4.90 Å². The van der Waals surface area contributed by atoms with Crippen LogP contribution in [0.2, 0.25) is 0 Å². The molecule has 6 nitrogen and oxygen atoms in total. The second-order valence-corrected chi connectivity index (χ2v) is 4.59. The molecule has 1 fully saturated rings. The van der Waals surface area contributed by atoms with Crippen LogP contribution in [0, 0.1) is 0 Å². The number of hydrogen-bond donors (Lipinski definition) is 3. The van der Waals surface area contributed by atoms with Crippen molar-refractivity contribution in [2.75, 3.05) is 6.54 Å². The van der Waals surface area contributed by atoms with Gasteiger partial charge >= 0.3 is 5.97 Å². The first-order chi connectivity index (χ1) is 7.91. The minimum Gasteiger partial charge on any atom is -0.478 e. The number of carboxylic acids is 1. The van der Waals surface area contributed by atoms with Gasteiger partial charge in [0.1, 0.15) is 0 Å². The molecule has 1 aliphatic carbocycles. The van der Waals surface area contributed by atoms with Crippen molar-refractivity contribution in [3.8, 4) is 0 Å². The van der Waals surface area contributed by atoms with E-state index >= 15 is 0 Å². The number of nitrogens with two attached hydrogens (primary N) is 2. The third-order valence-electron chi connectivity index (χ3n) is 3.42. The first-order valence-electron chi connectivity index (χ1n) is 6.02. The van der Waals surface area contributed by atoms with E-state index in [2.05, 4.69) is 4.99 Å². The van der Waals surface area contributed by atoms with Crippen LogP contribution < -0.4 is 11.5 Å². The largest absolute Gasteiger partial charge is 0.478 e. The number of likely N-dealkylation sites (N-methyl/N-ethyl adjacent to an activating group) is 1. The van der Waals surface area contributed by atoms with E-state index in [0.717, 1.165) is 25.7 Å². The van der Waals surface area contributed by atoms with Gasteiger partial charge in [0, 0.05) is 6.04 Å². The molecular formula is C11H22N4O2. The zero-order valence-corrected chi connectivity index (χ0v) is 10.5. The highest BCUT2D eigenvalue weighted by Gasteiger charge is 2.43. The van der Waals surface area contributed by atoms with Gasteiger partial charge in [-0.15, -0.1) is 0 Å². The van der Waals surface area contributed by atoms with E-state index in [1.807, 2.05) is 11.8 Å². The van der Waals surface area contributed by atoms with Gasteiger partial charge in [-0.2, -0.15) is 0 Å². The molecule has 0 saturated heterocycles. The number of guanidine groups is 1. The maximum absolute atomic E-state index is 11.5. The van der Waals surface area contributed by atoms with E-state index in [1.165, 1.54) is 0 Å². The molecule has 0 spiro atoms. The first-order valence-corrected chi connectivity index (χ1v) is 6.02. The van der Waals surface area contributed by atoms with Crippen LogP contribution in [0.4, 0.5) is 0 Å². The smallest absolute Gasteiger partial charge is 0.346 e. The third kappa shape index (κ3) is 2.88. The summed E-state index contributed by atoms with van der Waals surface area (Å²) in [5.74, 6) is -1.20. The first kappa shape index (κ1) is 13.8. The van der Waals surface area contributed by atoms with E-state index in [4.69, 9.17) is 11.5 Å². The SMILES string of the molecule is CCN(C1CCCC1)[C@](C)(N=C(N)N)C(=O)O. The Hall–Kier alpha value is -1.30. The van der Waals surface area contributed by atoms with Crippen LogP contribution in [0.15, 0.2) is 4.99 Å². The standard InChI is InChI=1S/C11H22N4O2/c1-3-15(8-6-4-5-7-8)11(2,9(16)17)14-10(12)13/h8H,3-7H2,1-2H3,(H,16,17)(H4,12,13,14)/t11-/m0/s1. The zero-order chi connectivity index (χ0) is 13.1. The predicted octanol–water partition coefficient (Wildman–Crippen LogP) is 0.325. The molecule has 1 aliphatic rings. The lowest BCUT2D eigenvalue weighted by molar-refractivity contribution is -0.151. The van der Waals surface area contributed by atoms with Crippen LogP contribution in [-0.4, -0.2) is 40.2 Å². The molecule has 0 aromatic heterocycles. The number of carbonyl (C=O) groups is 1. The van der Waals surface area contributed by atoms with Gasteiger partial charge in [-0.05, 0) is 26.3 Å². The van der Waals surface area contributed by atoms with Gasteiger partial charge in [-0.25, -0.2) is 9.79 Å². The van der Waals surface area contributed by atoms with Crippen LogP contribution >= 0.6 is 0 Å². The van der Waals surface area contributed by atoms with Crippen molar-refractivity contribution in [1.29, 1.82) is 0 Å². The second kappa shape index (κ2) is 5.35. The molecule has 0 aliphatic heterocycles. The lowest BCUT2D eigenvalue weighted by atomic mass is 10.1. The Morgan fingerprint density at radius 2 is 2.00 bits per heavy atom. The van der Waals surface area contributed by atoms with Gasteiger partial charge in [0.15, 0.2) is 5.96 Å². The molecular weight excluding hydrogens is 220 g/mol. The van der Waals surface area contributed by atoms with Crippen molar-refractivity contribution in [2.45, 2.75) is 51.2 Å². The molecule has 1 atom stereocenters. The van der Waals surface area contributed by atoms with E-state index in [-0.39, 0.29) is 12.0 Å². The maximum Gasteiger partial charge on any atom is 0.346 e. The molecule has 0 aromatic rings. The lowest BCUT2D eigenvalue weighted by Gasteiger charge is -2.38. The summed E-state index contributed by atoms with van der Waals surface area (Å²) in [6.07, 6.45) is 4.30. The van der Waals surface area contributed by atoms with Crippen LogP contribution in [0.3, 0.4) is 0 Å². The lowest BCUT2D eigenvalue weighted by Crippen LogP contribution is -2.56. The topological polar surface area (TPSA) is 105 Å². The van der Waals surface area contributed by atoms with Crippen molar-refractivity contribution in [3.63, 3.8) is 0 Å². The van der Waals surface area contributed by atoms with Crippen LogP contribution in [-0.2, 0) is 4.79 Å². The fourth-order valence-corrected chi connectivity index (χ4v) is 2.62. The van der Waals surface area contributed by atoms with Crippen LogP contribution in [0.1, 0.15) is 39.5 Å². The van der Waals surface area contributed by atoms with E-state index in [1.54, 1.807) is 6.92 Å². The number of rotatable bonds is 5. The van der Waals surface area contributed by atoms with E-state index < -0.39 is 11.6 Å². The van der Waals surface area contributed by atoms with Gasteiger partial charge in [-0.1, -0.05) is 19.8 Å². The molecule has 5 N–H and O–H groups in total. The van der Waals surface area contributed by atoms with Crippen molar-refractivity contribution in [3.05, 3.63) is 0 Å². The summed E-state index contributed by atoms with van der Waals surface area (Å²) in [6, 6.07) is 0.254. The summed E-state index contributed by atoms with van der Waals surface area (Å²) in [7, 11) is 0. The normalized spacial score (nSPS) is 20.2. The van der Waals surface area contributed by atoms with Crippen molar-refractivity contribution >= 4 is 11.9 Å². The summed E-state index contributed by atoms with van der Waals surface area (Å²) < 4.78 is 0. The van der Waals surface area contributed by atoms with Crippen LogP contribution in [0.25, 0.3) is 0 Å². The average Bonchev–Trinajstić information content (AvgIpc) is 2.70. The monoisotopic (exact) mass is 242 g/mol. The highest BCUT2D eigenvalue weighted by molar-refractivity contribution is 5.84. The molecule has 0 aromatic carbocycles. The van der Waals surface area contributed by atoms with Gasteiger partial charge < -0.3 is 16.6 Å².